The third kappa shape index (κ3) is 11.7. The van der Waals surface area contributed by atoms with Crippen LogP contribution in [0, 0.1) is 5.92 Å². The fourth-order valence-corrected chi connectivity index (χ4v) is 1.83. The van der Waals surface area contributed by atoms with Gasteiger partial charge < -0.3 is 0 Å². The van der Waals surface area contributed by atoms with Gasteiger partial charge in [-0.1, -0.05) is 58.1 Å². The minimum absolute atomic E-state index is 0.230. The molecule has 0 radical (unpaired) electrons. The van der Waals surface area contributed by atoms with Crippen LogP contribution >= 0.6 is 0 Å². The molecular formula is C16H30O. The Morgan fingerprint density at radius 2 is 1.59 bits per heavy atom. The predicted molar refractivity (Wildman–Crippen MR) is 76.2 cm³/mol. The number of hydrogen-bond acceptors (Lipinski definition) is 1. The molecule has 1 atom stereocenters. The van der Waals surface area contributed by atoms with Crippen molar-refractivity contribution in [1.82, 2.24) is 0 Å². The Balaban J connectivity index is 3.23. The molecule has 17 heavy (non-hydrogen) atoms. The van der Waals surface area contributed by atoms with Crippen LogP contribution in [0.25, 0.3) is 0 Å². The summed E-state index contributed by atoms with van der Waals surface area (Å²) in [5, 5.41) is 0. The first-order valence-electron chi connectivity index (χ1n) is 7.34. The van der Waals surface area contributed by atoms with E-state index >= 15 is 0 Å². The summed E-state index contributed by atoms with van der Waals surface area (Å²) in [6.45, 7) is 5.96. The summed E-state index contributed by atoms with van der Waals surface area (Å²) in [4.78, 5) is 11.0. The first-order valence-corrected chi connectivity index (χ1v) is 7.34. The van der Waals surface area contributed by atoms with Gasteiger partial charge in [0, 0.05) is 5.92 Å². The zero-order chi connectivity index (χ0) is 12.9. The molecule has 0 aliphatic rings. The van der Waals surface area contributed by atoms with Gasteiger partial charge in [0.25, 0.3) is 0 Å². The third-order valence-electron chi connectivity index (χ3n) is 3.35. The highest BCUT2D eigenvalue weighted by molar-refractivity contribution is 5.77. The highest BCUT2D eigenvalue weighted by atomic mass is 16.1. The fraction of sp³-hybridized carbons (Fsp3) is 0.812. The van der Waals surface area contributed by atoms with E-state index in [0.717, 1.165) is 12.8 Å². The Morgan fingerprint density at radius 1 is 1.00 bits per heavy atom. The molecule has 0 heterocycles. The Kier molecular flexibility index (Phi) is 11.5. The summed E-state index contributed by atoms with van der Waals surface area (Å²) in [7, 11) is 0. The second-order valence-electron chi connectivity index (χ2n) is 5.12. The summed E-state index contributed by atoms with van der Waals surface area (Å²) in [5.74, 6) is 0.544. The lowest BCUT2D eigenvalue weighted by Gasteiger charge is -2.03. The van der Waals surface area contributed by atoms with Gasteiger partial charge in [-0.15, -0.1) is 0 Å². The van der Waals surface area contributed by atoms with Gasteiger partial charge >= 0.3 is 0 Å². The van der Waals surface area contributed by atoms with E-state index in [0.29, 0.717) is 5.78 Å². The number of hydrogen-bond donors (Lipinski definition) is 0. The average molecular weight is 238 g/mol. The zero-order valence-corrected chi connectivity index (χ0v) is 12.0. The van der Waals surface area contributed by atoms with E-state index in [1.807, 2.05) is 6.92 Å². The van der Waals surface area contributed by atoms with Gasteiger partial charge in [0.2, 0.25) is 0 Å². The number of allylic oxidation sites excluding steroid dienone is 2. The van der Waals surface area contributed by atoms with Gasteiger partial charge in [0.1, 0.15) is 5.78 Å². The Bertz CT molecular complexity index is 206. The van der Waals surface area contributed by atoms with Gasteiger partial charge in [-0.05, 0) is 32.6 Å². The van der Waals surface area contributed by atoms with Crippen molar-refractivity contribution in [3.63, 3.8) is 0 Å². The number of unbranched alkanes of at least 4 members (excludes halogenated alkanes) is 6. The molecule has 0 spiro atoms. The number of rotatable bonds is 11. The van der Waals surface area contributed by atoms with Crippen molar-refractivity contribution < 1.29 is 4.79 Å². The maximum atomic E-state index is 11.0. The molecular weight excluding hydrogens is 208 g/mol. The molecule has 0 amide bonds. The first-order chi connectivity index (χ1) is 8.18. The van der Waals surface area contributed by atoms with E-state index in [9.17, 15) is 4.79 Å². The second kappa shape index (κ2) is 11.9. The molecule has 0 unspecified atom stereocenters. The average Bonchev–Trinajstić information content (AvgIpc) is 2.31. The van der Waals surface area contributed by atoms with Crippen molar-refractivity contribution in [3.05, 3.63) is 12.2 Å². The number of ketones is 1. The quantitative estimate of drug-likeness (QED) is 0.353. The van der Waals surface area contributed by atoms with Crippen LogP contribution in [0.15, 0.2) is 12.2 Å². The standard InChI is InChI=1S/C16H30O/c1-4-5-6-7-8-9-10-11-12-13-14-15(2)16(3)17/h11-12,15H,4-10,13-14H2,1-3H3/t15-/m1/s1. The zero-order valence-electron chi connectivity index (χ0n) is 12.0. The summed E-state index contributed by atoms with van der Waals surface area (Å²) in [5.41, 5.74) is 0. The normalized spacial score (nSPS) is 13.1. The van der Waals surface area contributed by atoms with Crippen molar-refractivity contribution in [2.75, 3.05) is 0 Å². The summed E-state index contributed by atoms with van der Waals surface area (Å²) >= 11 is 0. The second-order valence-corrected chi connectivity index (χ2v) is 5.12. The molecule has 0 aromatic carbocycles. The maximum absolute atomic E-state index is 11.0. The minimum atomic E-state index is 0.230. The minimum Gasteiger partial charge on any atom is -0.300 e. The lowest BCUT2D eigenvalue weighted by Crippen LogP contribution is -2.04. The SMILES string of the molecule is CCCCCCCCC=CCC[C@@H](C)C(C)=O. The van der Waals surface area contributed by atoms with E-state index in [1.165, 1.54) is 44.9 Å². The van der Waals surface area contributed by atoms with Crippen LogP contribution in [0.5, 0.6) is 0 Å². The molecule has 0 aromatic rings. The van der Waals surface area contributed by atoms with Crippen LogP contribution in [-0.4, -0.2) is 5.78 Å². The topological polar surface area (TPSA) is 17.1 Å². The first kappa shape index (κ1) is 16.4. The molecule has 0 saturated carbocycles. The van der Waals surface area contributed by atoms with E-state index in [-0.39, 0.29) is 5.92 Å². The fourth-order valence-electron chi connectivity index (χ4n) is 1.83. The molecule has 0 fully saturated rings. The number of carbonyl (C=O) groups is 1. The smallest absolute Gasteiger partial charge is 0.132 e. The summed E-state index contributed by atoms with van der Waals surface area (Å²) in [6, 6.07) is 0. The Labute approximate surface area is 108 Å². The van der Waals surface area contributed by atoms with Crippen LogP contribution < -0.4 is 0 Å². The van der Waals surface area contributed by atoms with E-state index in [2.05, 4.69) is 19.1 Å². The van der Waals surface area contributed by atoms with Gasteiger partial charge in [-0.25, -0.2) is 0 Å². The van der Waals surface area contributed by atoms with Gasteiger partial charge in [-0.3, -0.25) is 4.79 Å². The van der Waals surface area contributed by atoms with Crippen LogP contribution in [0.3, 0.4) is 0 Å². The molecule has 0 N–H and O–H groups in total. The molecule has 0 bridgehead atoms. The molecule has 1 nitrogen and oxygen atoms in total. The molecule has 0 aliphatic heterocycles. The van der Waals surface area contributed by atoms with Gasteiger partial charge in [0.15, 0.2) is 0 Å². The third-order valence-corrected chi connectivity index (χ3v) is 3.35. The van der Waals surface area contributed by atoms with Crippen molar-refractivity contribution in [1.29, 1.82) is 0 Å². The molecule has 0 aliphatic carbocycles. The lowest BCUT2D eigenvalue weighted by atomic mass is 10.0. The van der Waals surface area contributed by atoms with E-state index < -0.39 is 0 Å². The van der Waals surface area contributed by atoms with Crippen LogP contribution in [-0.2, 0) is 4.79 Å². The largest absolute Gasteiger partial charge is 0.300 e. The maximum Gasteiger partial charge on any atom is 0.132 e. The van der Waals surface area contributed by atoms with E-state index in [1.54, 1.807) is 6.92 Å². The molecule has 0 saturated heterocycles. The Hall–Kier alpha value is -0.590. The molecule has 0 rings (SSSR count). The van der Waals surface area contributed by atoms with Crippen LogP contribution in [0.1, 0.15) is 78.6 Å². The van der Waals surface area contributed by atoms with Crippen molar-refractivity contribution in [2.24, 2.45) is 5.92 Å². The van der Waals surface area contributed by atoms with Crippen molar-refractivity contribution in [2.45, 2.75) is 78.6 Å². The predicted octanol–water partition coefficient (Wildman–Crippen LogP) is 5.30. The molecule has 100 valence electrons. The van der Waals surface area contributed by atoms with Crippen molar-refractivity contribution >= 4 is 5.78 Å². The monoisotopic (exact) mass is 238 g/mol. The van der Waals surface area contributed by atoms with Crippen LogP contribution in [0.4, 0.5) is 0 Å². The van der Waals surface area contributed by atoms with Gasteiger partial charge in [-0.2, -0.15) is 0 Å². The summed E-state index contributed by atoms with van der Waals surface area (Å²) in [6.07, 6.45) is 16.0. The Morgan fingerprint density at radius 3 is 2.24 bits per heavy atom. The van der Waals surface area contributed by atoms with Crippen molar-refractivity contribution in [3.8, 4) is 0 Å². The highest BCUT2D eigenvalue weighted by Crippen LogP contribution is 2.09. The number of Topliss-reactive ketones (excluding diaryl/α,β-unsaturated/α-hetero) is 1. The van der Waals surface area contributed by atoms with Gasteiger partial charge in [0.05, 0.1) is 0 Å². The summed E-state index contributed by atoms with van der Waals surface area (Å²) < 4.78 is 0. The van der Waals surface area contributed by atoms with Crippen LogP contribution in [0.2, 0.25) is 0 Å². The molecule has 0 aromatic heterocycles. The number of carbonyl (C=O) groups excluding carboxylic acids is 1. The lowest BCUT2D eigenvalue weighted by molar-refractivity contribution is -0.120. The van der Waals surface area contributed by atoms with E-state index in [4.69, 9.17) is 0 Å². The molecule has 1 heteroatoms. The highest BCUT2D eigenvalue weighted by Gasteiger charge is 2.04.